The predicted octanol–water partition coefficient (Wildman–Crippen LogP) is 1.70. The summed E-state index contributed by atoms with van der Waals surface area (Å²) in [5.74, 6) is 0.251. The number of hydrogen-bond acceptors (Lipinski definition) is 2. The molecule has 0 spiro atoms. The van der Waals surface area contributed by atoms with Crippen molar-refractivity contribution in [2.24, 2.45) is 5.92 Å². The van der Waals surface area contributed by atoms with Gasteiger partial charge in [-0.05, 0) is 19.3 Å². The molecule has 0 aromatic heterocycles. The average Bonchev–Trinajstić information content (AvgIpc) is 2.64. The summed E-state index contributed by atoms with van der Waals surface area (Å²) in [5, 5.41) is 2.94. The number of halogens is 1. The largest absolute Gasteiger partial charge is 0.381 e. The van der Waals surface area contributed by atoms with Gasteiger partial charge in [-0.2, -0.15) is 0 Å². The molecule has 1 rings (SSSR count). The molecule has 1 saturated heterocycles. The topological polar surface area (TPSA) is 38.3 Å². The zero-order valence-electron chi connectivity index (χ0n) is 8.59. The second-order valence-electron chi connectivity index (χ2n) is 3.77. The van der Waals surface area contributed by atoms with E-state index in [1.165, 1.54) is 0 Å². The van der Waals surface area contributed by atoms with E-state index in [-0.39, 0.29) is 11.8 Å². The highest BCUT2D eigenvalue weighted by molar-refractivity contribution is 9.09. The average molecular weight is 264 g/mol. The number of alkyl halides is 1. The van der Waals surface area contributed by atoms with Crippen molar-refractivity contribution in [1.82, 2.24) is 5.32 Å². The normalized spacial score (nSPS) is 23.4. The van der Waals surface area contributed by atoms with Crippen LogP contribution in [0.2, 0.25) is 0 Å². The lowest BCUT2D eigenvalue weighted by atomic mass is 10.1. The van der Waals surface area contributed by atoms with Crippen molar-refractivity contribution in [2.45, 2.75) is 31.0 Å². The predicted molar refractivity (Wildman–Crippen MR) is 59.6 cm³/mol. The number of hydrogen-bond donors (Lipinski definition) is 1. The van der Waals surface area contributed by atoms with E-state index in [4.69, 9.17) is 4.74 Å². The fourth-order valence-corrected chi connectivity index (χ4v) is 1.80. The molecule has 0 bridgehead atoms. The van der Waals surface area contributed by atoms with Gasteiger partial charge >= 0.3 is 0 Å². The quantitative estimate of drug-likeness (QED) is 0.606. The third-order valence-corrected chi connectivity index (χ3v) is 2.84. The van der Waals surface area contributed by atoms with Gasteiger partial charge in [-0.1, -0.05) is 22.9 Å². The van der Waals surface area contributed by atoms with Crippen LogP contribution < -0.4 is 5.32 Å². The number of rotatable bonds is 5. The second-order valence-corrected chi connectivity index (χ2v) is 5.34. The standard InChI is InChI=1S/C10H18BrNO2/c1-8(11)3-2-5-12-10(13)9-4-6-14-7-9/h8-9H,2-7H2,1H3,(H,12,13). The van der Waals surface area contributed by atoms with Crippen molar-refractivity contribution in [3.63, 3.8) is 0 Å². The smallest absolute Gasteiger partial charge is 0.225 e. The van der Waals surface area contributed by atoms with Crippen molar-refractivity contribution in [3.05, 3.63) is 0 Å². The lowest BCUT2D eigenvalue weighted by Crippen LogP contribution is -2.31. The Morgan fingerprint density at radius 2 is 2.50 bits per heavy atom. The molecule has 0 aliphatic carbocycles. The lowest BCUT2D eigenvalue weighted by molar-refractivity contribution is -0.124. The summed E-state index contributed by atoms with van der Waals surface area (Å²) in [7, 11) is 0. The molecule has 0 saturated carbocycles. The van der Waals surface area contributed by atoms with Crippen LogP contribution in [0.1, 0.15) is 26.2 Å². The molecule has 0 aromatic carbocycles. The molecule has 1 N–H and O–H groups in total. The fraction of sp³-hybridized carbons (Fsp3) is 0.900. The van der Waals surface area contributed by atoms with Gasteiger partial charge in [-0.3, -0.25) is 4.79 Å². The van der Waals surface area contributed by atoms with Gasteiger partial charge in [0.1, 0.15) is 0 Å². The van der Waals surface area contributed by atoms with Crippen molar-refractivity contribution in [2.75, 3.05) is 19.8 Å². The molecule has 14 heavy (non-hydrogen) atoms. The van der Waals surface area contributed by atoms with Crippen LogP contribution in [0.15, 0.2) is 0 Å². The minimum absolute atomic E-state index is 0.0939. The third kappa shape index (κ3) is 4.42. The van der Waals surface area contributed by atoms with E-state index >= 15 is 0 Å². The summed E-state index contributed by atoms with van der Waals surface area (Å²) in [6, 6.07) is 0. The molecule has 1 heterocycles. The molecular formula is C10H18BrNO2. The Balaban J connectivity index is 2.03. The monoisotopic (exact) mass is 263 g/mol. The second kappa shape index (κ2) is 6.40. The number of ether oxygens (including phenoxy) is 1. The molecule has 1 amide bonds. The number of nitrogens with one attached hydrogen (secondary N) is 1. The molecule has 1 aliphatic heterocycles. The number of carbonyl (C=O) groups is 1. The van der Waals surface area contributed by atoms with Crippen LogP contribution >= 0.6 is 15.9 Å². The van der Waals surface area contributed by atoms with Gasteiger partial charge in [-0.25, -0.2) is 0 Å². The van der Waals surface area contributed by atoms with Gasteiger partial charge in [-0.15, -0.1) is 0 Å². The first-order valence-electron chi connectivity index (χ1n) is 5.19. The summed E-state index contributed by atoms with van der Waals surface area (Å²) < 4.78 is 5.15. The molecule has 2 atom stereocenters. The van der Waals surface area contributed by atoms with E-state index in [1.54, 1.807) is 0 Å². The summed E-state index contributed by atoms with van der Waals surface area (Å²) in [5.41, 5.74) is 0. The van der Waals surface area contributed by atoms with Crippen LogP contribution in [0, 0.1) is 5.92 Å². The summed E-state index contributed by atoms with van der Waals surface area (Å²) in [4.78, 5) is 12.0. The third-order valence-electron chi connectivity index (χ3n) is 2.38. The molecule has 1 fully saturated rings. The van der Waals surface area contributed by atoms with Crippen molar-refractivity contribution in [1.29, 1.82) is 0 Å². The van der Waals surface area contributed by atoms with Gasteiger partial charge in [0.05, 0.1) is 12.5 Å². The van der Waals surface area contributed by atoms with Gasteiger partial charge in [0.15, 0.2) is 0 Å². The van der Waals surface area contributed by atoms with Crippen LogP contribution in [0.5, 0.6) is 0 Å². The molecule has 0 aromatic rings. The minimum Gasteiger partial charge on any atom is -0.381 e. The Kier molecular flexibility index (Phi) is 5.48. The highest BCUT2D eigenvalue weighted by Crippen LogP contribution is 2.12. The summed E-state index contributed by atoms with van der Waals surface area (Å²) in [6.45, 7) is 4.23. The Morgan fingerprint density at radius 3 is 3.07 bits per heavy atom. The Labute approximate surface area is 93.7 Å². The van der Waals surface area contributed by atoms with Crippen molar-refractivity contribution in [3.8, 4) is 0 Å². The van der Waals surface area contributed by atoms with Crippen LogP contribution in [0.3, 0.4) is 0 Å². The van der Waals surface area contributed by atoms with E-state index < -0.39 is 0 Å². The first-order valence-corrected chi connectivity index (χ1v) is 6.11. The SMILES string of the molecule is CC(Br)CCCNC(=O)C1CCOC1. The lowest BCUT2D eigenvalue weighted by Gasteiger charge is -2.09. The highest BCUT2D eigenvalue weighted by atomic mass is 79.9. The maximum atomic E-state index is 11.5. The van der Waals surface area contributed by atoms with Crippen LogP contribution in [-0.2, 0) is 9.53 Å². The van der Waals surface area contributed by atoms with E-state index in [0.29, 0.717) is 11.4 Å². The molecule has 82 valence electrons. The van der Waals surface area contributed by atoms with Gasteiger partial charge in [0.2, 0.25) is 5.91 Å². The fourth-order valence-electron chi connectivity index (χ4n) is 1.48. The Bertz CT molecular complexity index is 179. The van der Waals surface area contributed by atoms with Crippen molar-refractivity contribution < 1.29 is 9.53 Å². The van der Waals surface area contributed by atoms with E-state index in [1.807, 2.05) is 0 Å². The van der Waals surface area contributed by atoms with E-state index in [9.17, 15) is 4.79 Å². The molecule has 2 unspecified atom stereocenters. The number of amides is 1. The van der Waals surface area contributed by atoms with Gasteiger partial charge in [0, 0.05) is 18.0 Å². The first kappa shape index (κ1) is 12.0. The molecule has 0 radical (unpaired) electrons. The first-order chi connectivity index (χ1) is 6.70. The molecular weight excluding hydrogens is 246 g/mol. The Morgan fingerprint density at radius 1 is 1.71 bits per heavy atom. The van der Waals surface area contributed by atoms with Crippen LogP contribution in [-0.4, -0.2) is 30.5 Å². The van der Waals surface area contributed by atoms with Crippen molar-refractivity contribution >= 4 is 21.8 Å². The zero-order chi connectivity index (χ0) is 10.4. The van der Waals surface area contributed by atoms with Crippen LogP contribution in [0.25, 0.3) is 0 Å². The summed E-state index contributed by atoms with van der Waals surface area (Å²) >= 11 is 3.48. The number of carbonyl (C=O) groups excluding carboxylic acids is 1. The summed E-state index contributed by atoms with van der Waals surface area (Å²) in [6.07, 6.45) is 3.01. The zero-order valence-corrected chi connectivity index (χ0v) is 10.2. The minimum atomic E-state index is 0.0939. The molecule has 3 nitrogen and oxygen atoms in total. The Hall–Kier alpha value is -0.0900. The van der Waals surface area contributed by atoms with E-state index in [0.717, 1.165) is 32.4 Å². The maximum Gasteiger partial charge on any atom is 0.225 e. The van der Waals surface area contributed by atoms with Gasteiger partial charge < -0.3 is 10.1 Å². The van der Waals surface area contributed by atoms with Crippen LogP contribution in [0.4, 0.5) is 0 Å². The maximum absolute atomic E-state index is 11.5. The molecule has 1 aliphatic rings. The highest BCUT2D eigenvalue weighted by Gasteiger charge is 2.22. The van der Waals surface area contributed by atoms with Gasteiger partial charge in [0.25, 0.3) is 0 Å². The van der Waals surface area contributed by atoms with E-state index in [2.05, 4.69) is 28.2 Å². The molecule has 4 heteroatoms.